The molecule has 6 nitrogen and oxygen atoms in total. The Morgan fingerprint density at radius 3 is 2.58 bits per heavy atom. The Hall–Kier alpha value is -3.36. The number of carbonyl (C=O) groups is 3. The van der Waals surface area contributed by atoms with Crippen LogP contribution in [0.4, 0.5) is 14.9 Å². The predicted molar refractivity (Wildman–Crippen MR) is 118 cm³/mol. The summed E-state index contributed by atoms with van der Waals surface area (Å²) in [6, 6.07) is 16.3. The van der Waals surface area contributed by atoms with Crippen LogP contribution in [0.15, 0.2) is 71.8 Å². The van der Waals surface area contributed by atoms with Crippen LogP contribution in [0, 0.1) is 5.82 Å². The number of benzene rings is 2. The van der Waals surface area contributed by atoms with E-state index in [1.165, 1.54) is 12.1 Å². The Bertz CT molecular complexity index is 1220. The lowest BCUT2D eigenvalue weighted by Gasteiger charge is -2.13. The van der Waals surface area contributed by atoms with E-state index in [2.05, 4.69) is 5.32 Å². The van der Waals surface area contributed by atoms with E-state index < -0.39 is 29.4 Å². The van der Waals surface area contributed by atoms with Crippen molar-refractivity contribution in [3.8, 4) is 5.69 Å². The summed E-state index contributed by atoms with van der Waals surface area (Å²) >= 11 is 6.74. The van der Waals surface area contributed by atoms with E-state index in [1.54, 1.807) is 65.4 Å². The molecule has 0 bridgehead atoms. The third kappa shape index (κ3) is 4.40. The van der Waals surface area contributed by atoms with Crippen LogP contribution in [0.25, 0.3) is 11.8 Å². The smallest absolute Gasteiger partial charge is 0.294 e. The zero-order chi connectivity index (χ0) is 22.0. The molecule has 1 aromatic heterocycles. The van der Waals surface area contributed by atoms with E-state index in [9.17, 15) is 18.8 Å². The zero-order valence-electron chi connectivity index (χ0n) is 15.9. The van der Waals surface area contributed by atoms with Gasteiger partial charge >= 0.3 is 0 Å². The van der Waals surface area contributed by atoms with Gasteiger partial charge < -0.3 is 9.88 Å². The summed E-state index contributed by atoms with van der Waals surface area (Å²) in [5, 5.41) is 2.37. The fraction of sp³-hybridized carbons (Fsp3) is 0.0455. The molecule has 1 fully saturated rings. The van der Waals surface area contributed by atoms with Gasteiger partial charge in [-0.3, -0.25) is 19.3 Å². The second-order valence-electron chi connectivity index (χ2n) is 6.55. The summed E-state index contributed by atoms with van der Waals surface area (Å²) < 4.78 is 15.7. The molecule has 0 aliphatic carbocycles. The van der Waals surface area contributed by atoms with Crippen LogP contribution >= 0.6 is 23.4 Å². The topological polar surface area (TPSA) is 71.4 Å². The van der Waals surface area contributed by atoms with Crippen molar-refractivity contribution < 1.29 is 18.8 Å². The second kappa shape index (κ2) is 8.79. The van der Waals surface area contributed by atoms with Gasteiger partial charge in [-0.25, -0.2) is 4.39 Å². The quantitative estimate of drug-likeness (QED) is 0.553. The Kier molecular flexibility index (Phi) is 5.92. The summed E-state index contributed by atoms with van der Waals surface area (Å²) in [7, 11) is 0. The molecule has 1 aliphatic heterocycles. The number of para-hydroxylation sites is 2. The van der Waals surface area contributed by atoms with Gasteiger partial charge in [0.1, 0.15) is 12.4 Å². The molecule has 1 aliphatic rings. The zero-order valence-corrected chi connectivity index (χ0v) is 17.5. The molecule has 0 radical (unpaired) electrons. The van der Waals surface area contributed by atoms with E-state index in [-0.39, 0.29) is 4.91 Å². The SMILES string of the molecule is O=C(CN1C(=O)S/C(=C/c2cccn2-c2ccccc2F)C1=O)Nc1ccccc1Cl. The maximum atomic E-state index is 14.2. The highest BCUT2D eigenvalue weighted by molar-refractivity contribution is 8.18. The second-order valence-corrected chi connectivity index (χ2v) is 7.95. The number of halogens is 2. The van der Waals surface area contributed by atoms with Gasteiger partial charge in [0.15, 0.2) is 0 Å². The molecule has 0 atom stereocenters. The monoisotopic (exact) mass is 455 g/mol. The summed E-state index contributed by atoms with van der Waals surface area (Å²) in [6.45, 7) is -0.443. The van der Waals surface area contributed by atoms with Crippen molar-refractivity contribution >= 4 is 52.2 Å². The van der Waals surface area contributed by atoms with Crippen molar-refractivity contribution in [2.45, 2.75) is 0 Å². The van der Waals surface area contributed by atoms with Crippen molar-refractivity contribution in [3.63, 3.8) is 0 Å². The maximum absolute atomic E-state index is 14.2. The first-order valence-corrected chi connectivity index (χ1v) is 10.4. The molecule has 0 spiro atoms. The Morgan fingerprint density at radius 1 is 1.06 bits per heavy atom. The molecule has 156 valence electrons. The third-order valence-corrected chi connectivity index (χ3v) is 5.73. The first-order valence-electron chi connectivity index (χ1n) is 9.16. The minimum atomic E-state index is -0.592. The molecule has 3 aromatic rings. The minimum absolute atomic E-state index is 0.145. The molecule has 31 heavy (non-hydrogen) atoms. The number of anilines is 1. The van der Waals surface area contributed by atoms with E-state index in [0.29, 0.717) is 22.1 Å². The standard InChI is InChI=1S/C22H15ClFN3O3S/c23-15-7-1-3-9-17(15)25-20(28)13-27-21(29)19(31-22(27)30)12-14-6-5-11-26(14)18-10-4-2-8-16(18)24/h1-12H,13H2,(H,25,28)/b19-12+. The molecule has 1 saturated heterocycles. The highest BCUT2D eigenvalue weighted by Crippen LogP contribution is 2.33. The van der Waals surface area contributed by atoms with Gasteiger partial charge in [0.05, 0.1) is 21.3 Å². The van der Waals surface area contributed by atoms with E-state index in [1.807, 2.05) is 0 Å². The van der Waals surface area contributed by atoms with Crippen molar-refractivity contribution in [2.75, 3.05) is 11.9 Å². The van der Waals surface area contributed by atoms with Crippen LogP contribution < -0.4 is 5.32 Å². The molecule has 4 rings (SSSR count). The third-order valence-electron chi connectivity index (χ3n) is 4.49. The van der Waals surface area contributed by atoms with E-state index in [0.717, 1.165) is 16.7 Å². The molecule has 2 aromatic carbocycles. The van der Waals surface area contributed by atoms with Gasteiger partial charge in [-0.1, -0.05) is 35.9 Å². The van der Waals surface area contributed by atoms with E-state index >= 15 is 0 Å². The fourth-order valence-corrected chi connectivity index (χ4v) is 4.05. The predicted octanol–water partition coefficient (Wildman–Crippen LogP) is 4.94. The highest BCUT2D eigenvalue weighted by atomic mass is 35.5. The summed E-state index contributed by atoms with van der Waals surface area (Å²) in [6.07, 6.45) is 3.16. The van der Waals surface area contributed by atoms with Crippen LogP contribution in [-0.2, 0) is 9.59 Å². The van der Waals surface area contributed by atoms with Crippen LogP contribution in [0.2, 0.25) is 5.02 Å². The van der Waals surface area contributed by atoms with Gasteiger partial charge in [-0.15, -0.1) is 0 Å². The van der Waals surface area contributed by atoms with Crippen molar-refractivity contribution in [2.24, 2.45) is 0 Å². The lowest BCUT2D eigenvalue weighted by molar-refractivity contribution is -0.127. The molecule has 2 heterocycles. The first-order chi connectivity index (χ1) is 14.9. The lowest BCUT2D eigenvalue weighted by atomic mass is 10.3. The first kappa shape index (κ1) is 20.9. The van der Waals surface area contributed by atoms with Gasteiger partial charge in [0, 0.05) is 11.9 Å². The number of thioether (sulfide) groups is 1. The van der Waals surface area contributed by atoms with Crippen LogP contribution in [0.1, 0.15) is 5.69 Å². The molecule has 1 N–H and O–H groups in total. The normalized spacial score (nSPS) is 15.0. The Morgan fingerprint density at radius 2 is 1.81 bits per heavy atom. The maximum Gasteiger partial charge on any atom is 0.294 e. The average molecular weight is 456 g/mol. The van der Waals surface area contributed by atoms with Gasteiger partial charge in [-0.05, 0) is 54.2 Å². The molecule has 0 unspecified atom stereocenters. The van der Waals surface area contributed by atoms with Gasteiger partial charge in [-0.2, -0.15) is 0 Å². The molecular formula is C22H15ClFN3O3S. The molecule has 3 amide bonds. The Labute approximate surface area is 186 Å². The van der Waals surface area contributed by atoms with Gasteiger partial charge in [0.2, 0.25) is 5.91 Å². The fourth-order valence-electron chi connectivity index (χ4n) is 3.04. The number of imide groups is 1. The van der Waals surface area contributed by atoms with Crippen LogP contribution in [0.3, 0.4) is 0 Å². The van der Waals surface area contributed by atoms with Crippen molar-refractivity contribution in [1.82, 2.24) is 9.47 Å². The minimum Gasteiger partial charge on any atom is -0.323 e. The summed E-state index contributed by atoms with van der Waals surface area (Å²) in [4.78, 5) is 38.4. The van der Waals surface area contributed by atoms with Gasteiger partial charge in [0.25, 0.3) is 11.1 Å². The number of nitrogens with one attached hydrogen (secondary N) is 1. The Balaban J connectivity index is 1.52. The summed E-state index contributed by atoms with van der Waals surface area (Å²) in [5.41, 5.74) is 1.23. The number of hydrogen-bond donors (Lipinski definition) is 1. The number of hydrogen-bond acceptors (Lipinski definition) is 4. The number of nitrogens with zero attached hydrogens (tertiary/aromatic N) is 2. The number of amides is 3. The van der Waals surface area contributed by atoms with E-state index in [4.69, 9.17) is 11.6 Å². The number of aromatic nitrogens is 1. The molecule has 9 heteroatoms. The van der Waals surface area contributed by atoms with Crippen molar-refractivity contribution in [1.29, 1.82) is 0 Å². The van der Waals surface area contributed by atoms with Crippen LogP contribution in [0.5, 0.6) is 0 Å². The number of rotatable bonds is 5. The highest BCUT2D eigenvalue weighted by Gasteiger charge is 2.36. The largest absolute Gasteiger partial charge is 0.323 e. The number of carbonyl (C=O) groups excluding carboxylic acids is 3. The molecular weight excluding hydrogens is 441 g/mol. The van der Waals surface area contributed by atoms with Crippen molar-refractivity contribution in [3.05, 3.63) is 88.3 Å². The van der Waals surface area contributed by atoms with Crippen LogP contribution in [-0.4, -0.2) is 33.1 Å². The lowest BCUT2D eigenvalue weighted by Crippen LogP contribution is -2.36. The molecule has 0 saturated carbocycles. The summed E-state index contributed by atoms with van der Waals surface area (Å²) in [5.74, 6) is -1.56. The average Bonchev–Trinajstić information content (AvgIpc) is 3.30.